The minimum atomic E-state index is -1.05. The van der Waals surface area contributed by atoms with Gasteiger partial charge in [0, 0.05) is 36.6 Å². The lowest BCUT2D eigenvalue weighted by atomic mass is 9.91. The van der Waals surface area contributed by atoms with Gasteiger partial charge in [-0.3, -0.25) is 24.1 Å². The van der Waals surface area contributed by atoms with Crippen LogP contribution in [0.3, 0.4) is 0 Å². The van der Waals surface area contributed by atoms with Gasteiger partial charge in [-0.15, -0.1) is 11.3 Å². The largest absolute Gasteiger partial charge is 0.481 e. The van der Waals surface area contributed by atoms with Crippen LogP contribution < -0.4 is 16.4 Å². The summed E-state index contributed by atoms with van der Waals surface area (Å²) in [7, 11) is 3.65. The molecule has 49 heavy (non-hydrogen) atoms. The van der Waals surface area contributed by atoms with Crippen LogP contribution in [-0.2, 0) is 20.8 Å². The first-order valence-electron chi connectivity index (χ1n) is 17.3. The lowest BCUT2D eigenvalue weighted by Gasteiger charge is -2.38. The van der Waals surface area contributed by atoms with E-state index >= 15 is 0 Å². The third kappa shape index (κ3) is 10.2. The molecule has 1 fully saturated rings. The predicted molar refractivity (Wildman–Crippen MR) is 192 cm³/mol. The number of benzene rings is 1. The van der Waals surface area contributed by atoms with Gasteiger partial charge >= 0.3 is 5.97 Å². The van der Waals surface area contributed by atoms with Crippen molar-refractivity contribution in [2.75, 3.05) is 26.4 Å². The number of nitrogen functional groups attached to an aromatic ring is 1. The molecule has 1 saturated heterocycles. The minimum absolute atomic E-state index is 0.0246. The Hall–Kier alpha value is -3.55. The van der Waals surface area contributed by atoms with Gasteiger partial charge in [0.1, 0.15) is 22.8 Å². The zero-order valence-corrected chi connectivity index (χ0v) is 31.0. The number of anilines is 1. The third-order valence-electron chi connectivity index (χ3n) is 10.2. The average molecular weight is 701 g/mol. The molecule has 1 aliphatic rings. The van der Waals surface area contributed by atoms with E-state index < -0.39 is 41.5 Å². The maximum Gasteiger partial charge on any atom is 0.306 e. The van der Waals surface area contributed by atoms with Crippen LogP contribution in [0.2, 0.25) is 0 Å². The molecular formula is C36H56N6O6S. The molecule has 1 aromatic carbocycles. The second kappa shape index (κ2) is 17.4. The minimum Gasteiger partial charge on any atom is -0.481 e. The van der Waals surface area contributed by atoms with Crippen LogP contribution in [0.4, 0.5) is 5.69 Å². The Morgan fingerprint density at radius 1 is 1.10 bits per heavy atom. The van der Waals surface area contributed by atoms with E-state index in [4.69, 9.17) is 5.73 Å². The van der Waals surface area contributed by atoms with Gasteiger partial charge < -0.3 is 31.5 Å². The molecule has 7 atom stereocenters. The molecule has 3 amide bonds. The first-order valence-corrected chi connectivity index (χ1v) is 18.2. The SMILES string of the molecule is CC[C@H](C)[C@H](NC(=O)[C@@]1(C)CCCN1C)C(=O)N(C)[C@H](C[C@H](O)c1nc(C(=O)N[C@@H](Cc2ccc(N)cc2)C[C@H](C)C(=O)O)cs1)C(C)C. The fraction of sp³-hybridized carbons (Fsp3) is 0.639. The van der Waals surface area contributed by atoms with Gasteiger partial charge in [-0.1, -0.05) is 53.2 Å². The number of aliphatic hydroxyl groups is 1. The zero-order chi connectivity index (χ0) is 36.6. The van der Waals surface area contributed by atoms with Gasteiger partial charge in [-0.05, 0) is 75.7 Å². The van der Waals surface area contributed by atoms with Crippen LogP contribution >= 0.6 is 11.3 Å². The van der Waals surface area contributed by atoms with Gasteiger partial charge in [-0.2, -0.15) is 0 Å². The van der Waals surface area contributed by atoms with Gasteiger partial charge in [0.25, 0.3) is 5.91 Å². The van der Waals surface area contributed by atoms with E-state index in [9.17, 15) is 29.4 Å². The Morgan fingerprint density at radius 3 is 2.31 bits per heavy atom. The van der Waals surface area contributed by atoms with Crippen molar-refractivity contribution >= 4 is 40.7 Å². The fourth-order valence-electron chi connectivity index (χ4n) is 6.42. The number of carboxylic acid groups (broad SMARTS) is 1. The maximum atomic E-state index is 14.0. The summed E-state index contributed by atoms with van der Waals surface area (Å²) in [6.45, 7) is 12.3. The van der Waals surface area contributed by atoms with Crippen LogP contribution in [0, 0.1) is 17.8 Å². The first kappa shape index (κ1) is 39.9. The van der Waals surface area contributed by atoms with Crippen LogP contribution in [0.25, 0.3) is 0 Å². The Balaban J connectivity index is 1.72. The predicted octanol–water partition coefficient (Wildman–Crippen LogP) is 4.10. The highest BCUT2D eigenvalue weighted by Gasteiger charge is 2.43. The Labute approximate surface area is 294 Å². The molecule has 0 unspecified atom stereocenters. The topological polar surface area (TPSA) is 178 Å². The first-order chi connectivity index (χ1) is 23.0. The molecule has 272 valence electrons. The molecule has 0 bridgehead atoms. The number of likely N-dealkylation sites (N-methyl/N-ethyl adjacent to an activating group) is 2. The van der Waals surface area contributed by atoms with Crippen molar-refractivity contribution in [1.29, 1.82) is 0 Å². The second-order valence-corrected chi connectivity index (χ2v) is 15.2. The zero-order valence-electron chi connectivity index (χ0n) is 30.2. The number of nitrogens with zero attached hydrogens (tertiary/aromatic N) is 3. The van der Waals surface area contributed by atoms with Crippen LogP contribution in [0.1, 0.15) is 101 Å². The monoisotopic (exact) mass is 700 g/mol. The Kier molecular flexibility index (Phi) is 14.2. The van der Waals surface area contributed by atoms with Crippen molar-refractivity contribution in [2.45, 2.75) is 110 Å². The summed E-state index contributed by atoms with van der Waals surface area (Å²) in [5.74, 6) is -2.58. The number of amides is 3. The molecule has 0 radical (unpaired) electrons. The van der Waals surface area contributed by atoms with E-state index in [-0.39, 0.29) is 48.2 Å². The number of carbonyl (C=O) groups excluding carboxylic acids is 3. The van der Waals surface area contributed by atoms with E-state index in [2.05, 4.69) is 15.6 Å². The van der Waals surface area contributed by atoms with Gasteiger partial charge in [0.05, 0.1) is 11.5 Å². The number of aromatic nitrogens is 1. The number of thiazole rings is 1. The number of aliphatic carboxylic acids is 1. The third-order valence-corrected chi connectivity index (χ3v) is 11.2. The fourth-order valence-corrected chi connectivity index (χ4v) is 7.21. The average Bonchev–Trinajstić information content (AvgIpc) is 3.69. The van der Waals surface area contributed by atoms with E-state index in [0.717, 1.165) is 36.3 Å². The summed E-state index contributed by atoms with van der Waals surface area (Å²) >= 11 is 1.15. The number of carbonyl (C=O) groups is 4. The lowest BCUT2D eigenvalue weighted by Crippen LogP contribution is -2.60. The number of aliphatic hydroxyl groups excluding tert-OH is 1. The highest BCUT2D eigenvalue weighted by atomic mass is 32.1. The number of likely N-dealkylation sites (tertiary alicyclic amines) is 1. The summed E-state index contributed by atoms with van der Waals surface area (Å²) in [6, 6.07) is 5.64. The molecule has 12 nitrogen and oxygen atoms in total. The summed E-state index contributed by atoms with van der Waals surface area (Å²) in [5.41, 5.74) is 6.77. The van der Waals surface area contributed by atoms with E-state index in [0.29, 0.717) is 23.5 Å². The Bertz CT molecular complexity index is 1430. The molecule has 1 aliphatic heterocycles. The highest BCUT2D eigenvalue weighted by molar-refractivity contribution is 7.09. The van der Waals surface area contributed by atoms with Crippen molar-refractivity contribution < 1.29 is 29.4 Å². The van der Waals surface area contributed by atoms with Crippen molar-refractivity contribution in [3.63, 3.8) is 0 Å². The quantitative estimate of drug-likeness (QED) is 0.152. The molecule has 0 aliphatic carbocycles. The standard InChI is InChI=1S/C36H56N6O6S/c1-9-22(4)30(40-35(48)36(6)15-10-16-41(36)7)33(45)42(8)28(21(2)3)19-29(43)32-39-27(20-49-32)31(44)38-26(17-23(5)34(46)47)18-24-11-13-25(37)14-12-24/h11-14,20-23,26,28-30,43H,9-10,15-19,37H2,1-8H3,(H,38,44)(H,40,48)(H,46,47)/t22-,23-,26+,28+,29-,30-,36+/m0/s1. The lowest BCUT2D eigenvalue weighted by molar-refractivity contribution is -0.142. The summed E-state index contributed by atoms with van der Waals surface area (Å²) in [4.78, 5) is 60.5. The number of hydrogen-bond acceptors (Lipinski definition) is 9. The molecule has 0 saturated carbocycles. The molecule has 6 N–H and O–H groups in total. The van der Waals surface area contributed by atoms with Crippen molar-refractivity contribution in [1.82, 2.24) is 25.4 Å². The van der Waals surface area contributed by atoms with E-state index in [1.165, 1.54) is 0 Å². The molecule has 2 heterocycles. The number of nitrogens with two attached hydrogens (primary N) is 1. The Morgan fingerprint density at radius 2 is 1.76 bits per heavy atom. The van der Waals surface area contributed by atoms with Gasteiger partial charge in [0.15, 0.2) is 0 Å². The highest BCUT2D eigenvalue weighted by Crippen LogP contribution is 2.30. The van der Waals surface area contributed by atoms with Crippen LogP contribution in [-0.4, -0.2) is 93.0 Å². The molecule has 1 aromatic heterocycles. The van der Waals surface area contributed by atoms with E-state index in [1.807, 2.05) is 58.7 Å². The van der Waals surface area contributed by atoms with Crippen molar-refractivity contribution in [2.24, 2.45) is 17.8 Å². The van der Waals surface area contributed by atoms with Gasteiger partial charge in [-0.25, -0.2) is 4.98 Å². The smallest absolute Gasteiger partial charge is 0.306 e. The molecule has 0 spiro atoms. The maximum absolute atomic E-state index is 14.0. The number of rotatable bonds is 17. The molecule has 3 rings (SSSR count). The van der Waals surface area contributed by atoms with Crippen LogP contribution in [0.5, 0.6) is 0 Å². The normalized spacial score (nSPS) is 20.2. The summed E-state index contributed by atoms with van der Waals surface area (Å²) < 4.78 is 0. The van der Waals surface area contributed by atoms with Gasteiger partial charge in [0.2, 0.25) is 11.8 Å². The van der Waals surface area contributed by atoms with Crippen molar-refractivity contribution in [3.8, 4) is 0 Å². The van der Waals surface area contributed by atoms with E-state index in [1.54, 1.807) is 36.4 Å². The molecule has 13 heteroatoms. The summed E-state index contributed by atoms with van der Waals surface area (Å²) in [6.07, 6.45) is 2.12. The van der Waals surface area contributed by atoms with Crippen molar-refractivity contribution in [3.05, 3.63) is 45.9 Å². The number of hydrogen-bond donors (Lipinski definition) is 5. The number of nitrogens with one attached hydrogen (secondary N) is 2. The second-order valence-electron chi connectivity index (χ2n) is 14.3. The number of carboxylic acids is 1. The molecule has 2 aromatic rings. The van der Waals surface area contributed by atoms with Crippen LogP contribution in [0.15, 0.2) is 29.6 Å². The summed E-state index contributed by atoms with van der Waals surface area (Å²) in [5, 5.41) is 28.7. The molecular weight excluding hydrogens is 644 g/mol.